The molecule has 0 amide bonds. The maximum absolute atomic E-state index is 12.8. The summed E-state index contributed by atoms with van der Waals surface area (Å²) in [5.74, 6) is -0.702. The lowest BCUT2D eigenvalue weighted by atomic mass is 9.95. The van der Waals surface area contributed by atoms with Crippen LogP contribution in [0.5, 0.6) is 0 Å². The van der Waals surface area contributed by atoms with Crippen molar-refractivity contribution in [3.63, 3.8) is 0 Å². The van der Waals surface area contributed by atoms with E-state index < -0.39 is 11.5 Å². The number of carbonyl (C=O) groups excluding carboxylic acids is 1. The second-order valence-electron chi connectivity index (χ2n) is 6.44. The van der Waals surface area contributed by atoms with E-state index in [1.165, 1.54) is 0 Å². The van der Waals surface area contributed by atoms with E-state index in [1.807, 2.05) is 74.5 Å². The van der Waals surface area contributed by atoms with Crippen molar-refractivity contribution in [3.8, 4) is 22.4 Å². The lowest BCUT2D eigenvalue weighted by Crippen LogP contribution is -2.24. The van der Waals surface area contributed by atoms with Gasteiger partial charge < -0.3 is 9.47 Å². The molecule has 0 aliphatic rings. The lowest BCUT2D eigenvalue weighted by molar-refractivity contribution is 0.0176. The van der Waals surface area contributed by atoms with Crippen LogP contribution in [0.15, 0.2) is 65.5 Å². The van der Waals surface area contributed by atoms with E-state index in [0.717, 1.165) is 5.56 Å². The van der Waals surface area contributed by atoms with E-state index in [1.54, 1.807) is 0 Å². The Bertz CT molecular complexity index is 982. The molecule has 0 saturated heterocycles. The normalized spacial score (nSPS) is 10.8. The van der Waals surface area contributed by atoms with Crippen molar-refractivity contribution in [3.05, 3.63) is 76.6 Å². The van der Waals surface area contributed by atoms with Gasteiger partial charge in [-0.3, -0.25) is 4.79 Å². The average molecular weight is 378 g/mol. The molecular weight excluding hydrogens is 356 g/mol. The topological polar surface area (TPSA) is 81.3 Å². The molecule has 0 atom stereocenters. The van der Waals surface area contributed by atoms with E-state index in [-0.39, 0.29) is 24.9 Å². The molecule has 2 aromatic carbocycles. The first-order valence-electron chi connectivity index (χ1n) is 9.10. The van der Waals surface area contributed by atoms with Crippen LogP contribution in [0.1, 0.15) is 24.2 Å². The molecule has 3 rings (SSSR count). The van der Waals surface area contributed by atoms with Crippen LogP contribution in [0.2, 0.25) is 0 Å². The quantitative estimate of drug-likeness (QED) is 0.501. The van der Waals surface area contributed by atoms with Crippen LogP contribution in [0.4, 0.5) is 0 Å². The van der Waals surface area contributed by atoms with Crippen molar-refractivity contribution in [2.75, 3.05) is 13.2 Å². The standard InChI is InChI=1S/C22H22N2O4/c1-15(2)27-13-14-28-22(26)19-18(16-9-5-3-6-10-16)20(23-24-21(19)25)17-11-7-4-8-12-17/h3-12,15H,13-14H2,1-2H3,(H,24,25). The number of hydrogen-bond donors (Lipinski definition) is 1. The summed E-state index contributed by atoms with van der Waals surface area (Å²) in [6, 6.07) is 18.6. The molecule has 144 valence electrons. The Morgan fingerprint density at radius 3 is 2.18 bits per heavy atom. The summed E-state index contributed by atoms with van der Waals surface area (Å²) in [5, 5.41) is 6.65. The number of benzene rings is 2. The molecule has 1 N–H and O–H groups in total. The SMILES string of the molecule is CC(C)OCCOC(=O)c1c(-c2ccccc2)c(-c2ccccc2)n[nH]c1=O. The highest BCUT2D eigenvalue weighted by Crippen LogP contribution is 2.31. The molecule has 1 aromatic heterocycles. The smallest absolute Gasteiger partial charge is 0.344 e. The van der Waals surface area contributed by atoms with Gasteiger partial charge >= 0.3 is 5.97 Å². The van der Waals surface area contributed by atoms with E-state index in [9.17, 15) is 9.59 Å². The fraction of sp³-hybridized carbons (Fsp3) is 0.227. The molecule has 6 nitrogen and oxygen atoms in total. The summed E-state index contributed by atoms with van der Waals surface area (Å²) in [5.41, 5.74) is 1.81. The van der Waals surface area contributed by atoms with Crippen LogP contribution in [0, 0.1) is 0 Å². The highest BCUT2D eigenvalue weighted by Gasteiger charge is 2.24. The zero-order valence-electron chi connectivity index (χ0n) is 15.8. The second-order valence-corrected chi connectivity index (χ2v) is 6.44. The Balaban J connectivity index is 2.06. The van der Waals surface area contributed by atoms with Gasteiger partial charge in [-0.2, -0.15) is 5.10 Å². The first-order valence-corrected chi connectivity index (χ1v) is 9.10. The summed E-state index contributed by atoms with van der Waals surface area (Å²) in [4.78, 5) is 25.3. The molecule has 0 spiro atoms. The summed E-state index contributed by atoms with van der Waals surface area (Å²) in [7, 11) is 0. The van der Waals surface area contributed by atoms with Crippen molar-refractivity contribution >= 4 is 5.97 Å². The molecule has 0 saturated carbocycles. The largest absolute Gasteiger partial charge is 0.459 e. The first kappa shape index (κ1) is 19.5. The highest BCUT2D eigenvalue weighted by molar-refractivity contribution is 6.00. The van der Waals surface area contributed by atoms with Crippen molar-refractivity contribution in [1.29, 1.82) is 0 Å². The second kappa shape index (κ2) is 9.10. The van der Waals surface area contributed by atoms with E-state index in [0.29, 0.717) is 16.8 Å². The average Bonchev–Trinajstić information content (AvgIpc) is 2.72. The number of ether oxygens (including phenoxy) is 2. The number of nitrogens with one attached hydrogen (secondary N) is 1. The highest BCUT2D eigenvalue weighted by atomic mass is 16.6. The van der Waals surface area contributed by atoms with Gasteiger partial charge in [0.1, 0.15) is 12.2 Å². The minimum absolute atomic E-state index is 0.0348. The number of carbonyl (C=O) groups is 1. The van der Waals surface area contributed by atoms with Gasteiger partial charge in [0.15, 0.2) is 0 Å². The lowest BCUT2D eigenvalue weighted by Gasteiger charge is -2.14. The summed E-state index contributed by atoms with van der Waals surface area (Å²) in [6.07, 6.45) is 0.0348. The maximum atomic E-state index is 12.8. The monoisotopic (exact) mass is 378 g/mol. The van der Waals surface area contributed by atoms with Crippen LogP contribution >= 0.6 is 0 Å². The number of esters is 1. The molecule has 0 aliphatic carbocycles. The van der Waals surface area contributed by atoms with Gasteiger partial charge in [0.05, 0.1) is 18.4 Å². The predicted octanol–water partition coefficient (Wildman–Crippen LogP) is 3.69. The van der Waals surface area contributed by atoms with E-state index in [4.69, 9.17) is 9.47 Å². The van der Waals surface area contributed by atoms with Gasteiger partial charge in [0.25, 0.3) is 5.56 Å². The van der Waals surface area contributed by atoms with Crippen LogP contribution in [-0.4, -0.2) is 35.5 Å². The number of rotatable bonds is 7. The number of nitrogens with zero attached hydrogens (tertiary/aromatic N) is 1. The molecule has 0 unspecified atom stereocenters. The number of H-pyrrole nitrogens is 1. The molecule has 6 heteroatoms. The van der Waals surface area contributed by atoms with E-state index in [2.05, 4.69) is 10.2 Å². The molecule has 28 heavy (non-hydrogen) atoms. The van der Waals surface area contributed by atoms with Gasteiger partial charge in [0, 0.05) is 11.1 Å². The van der Waals surface area contributed by atoms with Crippen LogP contribution in [0.25, 0.3) is 22.4 Å². The molecular formula is C22H22N2O4. The van der Waals surface area contributed by atoms with Crippen LogP contribution in [-0.2, 0) is 9.47 Å². The third-order valence-corrected chi connectivity index (χ3v) is 4.06. The van der Waals surface area contributed by atoms with Crippen LogP contribution < -0.4 is 5.56 Å². The summed E-state index contributed by atoms with van der Waals surface area (Å²) < 4.78 is 10.7. The van der Waals surface area contributed by atoms with Crippen LogP contribution in [0.3, 0.4) is 0 Å². The minimum atomic E-state index is -0.702. The number of aromatic nitrogens is 2. The first-order chi connectivity index (χ1) is 13.6. The molecule has 0 fully saturated rings. The van der Waals surface area contributed by atoms with Crippen molar-refractivity contribution in [2.45, 2.75) is 20.0 Å². The van der Waals surface area contributed by atoms with Gasteiger partial charge in [-0.15, -0.1) is 0 Å². The van der Waals surface area contributed by atoms with Crippen molar-refractivity contribution in [2.24, 2.45) is 0 Å². The molecule has 0 aliphatic heterocycles. The Kier molecular flexibility index (Phi) is 6.34. The molecule has 1 heterocycles. The maximum Gasteiger partial charge on any atom is 0.344 e. The van der Waals surface area contributed by atoms with Crippen molar-refractivity contribution < 1.29 is 14.3 Å². The van der Waals surface area contributed by atoms with Gasteiger partial charge in [0.2, 0.25) is 0 Å². The number of hydrogen-bond acceptors (Lipinski definition) is 5. The molecule has 3 aromatic rings. The predicted molar refractivity (Wildman–Crippen MR) is 107 cm³/mol. The van der Waals surface area contributed by atoms with Gasteiger partial charge in [-0.1, -0.05) is 60.7 Å². The fourth-order valence-corrected chi connectivity index (χ4v) is 2.83. The van der Waals surface area contributed by atoms with Gasteiger partial charge in [-0.25, -0.2) is 9.89 Å². The zero-order valence-corrected chi connectivity index (χ0v) is 15.8. The Labute approximate surface area is 163 Å². The summed E-state index contributed by atoms with van der Waals surface area (Å²) in [6.45, 7) is 4.12. The molecule has 0 bridgehead atoms. The molecule has 0 radical (unpaired) electrons. The third kappa shape index (κ3) is 4.53. The number of aromatic amines is 1. The zero-order chi connectivity index (χ0) is 19.9. The van der Waals surface area contributed by atoms with E-state index >= 15 is 0 Å². The Morgan fingerprint density at radius 1 is 0.964 bits per heavy atom. The third-order valence-electron chi connectivity index (χ3n) is 4.06. The minimum Gasteiger partial charge on any atom is -0.459 e. The van der Waals surface area contributed by atoms with Gasteiger partial charge in [-0.05, 0) is 19.4 Å². The summed E-state index contributed by atoms with van der Waals surface area (Å²) >= 11 is 0. The Morgan fingerprint density at radius 2 is 1.57 bits per heavy atom. The fourth-order valence-electron chi connectivity index (χ4n) is 2.83. The Hall–Kier alpha value is -3.25. The van der Waals surface area contributed by atoms with Crippen molar-refractivity contribution in [1.82, 2.24) is 10.2 Å².